The van der Waals surface area contributed by atoms with Crippen LogP contribution in [-0.2, 0) is 4.79 Å². The Morgan fingerprint density at radius 3 is 2.14 bits per heavy atom. The van der Waals surface area contributed by atoms with Crippen LogP contribution in [-0.4, -0.2) is 30.3 Å². The predicted octanol–water partition coefficient (Wildman–Crippen LogP) is 1.84. The molecule has 2 heteroatoms. The Hall–Kier alpha value is -0.370. The molecule has 3 rings (SSSR count). The van der Waals surface area contributed by atoms with Crippen LogP contribution in [0, 0.1) is 10.8 Å². The third-order valence-electron chi connectivity index (χ3n) is 5.20. The highest BCUT2D eigenvalue weighted by Crippen LogP contribution is 2.74. The standard InChI is InChI=1S/C12H19NO/c1-9(14)10-7-12(8-13(10)2)6-5-11(12)3-4-11/h10H,3-8H2,1-2H3. The van der Waals surface area contributed by atoms with Crippen LogP contribution in [0.1, 0.15) is 39.0 Å². The van der Waals surface area contributed by atoms with Crippen LogP contribution in [0.3, 0.4) is 0 Å². The van der Waals surface area contributed by atoms with Gasteiger partial charge in [0.25, 0.3) is 0 Å². The SMILES string of the molecule is CC(=O)C1CC2(CCC23CC3)CN1C. The summed E-state index contributed by atoms with van der Waals surface area (Å²) >= 11 is 0. The highest BCUT2D eigenvalue weighted by atomic mass is 16.1. The van der Waals surface area contributed by atoms with Crippen molar-refractivity contribution in [3.05, 3.63) is 0 Å². The van der Waals surface area contributed by atoms with E-state index >= 15 is 0 Å². The van der Waals surface area contributed by atoms with Crippen molar-refractivity contribution in [1.82, 2.24) is 4.90 Å². The molecule has 0 bridgehead atoms. The first-order chi connectivity index (χ1) is 6.59. The second kappa shape index (κ2) is 2.41. The van der Waals surface area contributed by atoms with Crippen LogP contribution < -0.4 is 0 Å². The van der Waals surface area contributed by atoms with E-state index in [-0.39, 0.29) is 6.04 Å². The van der Waals surface area contributed by atoms with Gasteiger partial charge < -0.3 is 0 Å². The van der Waals surface area contributed by atoms with Crippen molar-refractivity contribution in [3.8, 4) is 0 Å². The summed E-state index contributed by atoms with van der Waals surface area (Å²) in [6.07, 6.45) is 6.84. The summed E-state index contributed by atoms with van der Waals surface area (Å²) in [5.41, 5.74) is 1.25. The zero-order valence-electron chi connectivity index (χ0n) is 9.18. The molecule has 1 heterocycles. The van der Waals surface area contributed by atoms with Crippen molar-refractivity contribution < 1.29 is 4.79 Å². The van der Waals surface area contributed by atoms with Crippen molar-refractivity contribution in [2.75, 3.05) is 13.6 Å². The molecule has 2 aliphatic carbocycles. The predicted molar refractivity (Wildman–Crippen MR) is 55.1 cm³/mol. The van der Waals surface area contributed by atoms with Crippen molar-refractivity contribution >= 4 is 5.78 Å². The van der Waals surface area contributed by atoms with Gasteiger partial charge >= 0.3 is 0 Å². The Morgan fingerprint density at radius 1 is 1.21 bits per heavy atom. The molecule has 3 aliphatic rings. The molecule has 3 fully saturated rings. The lowest BCUT2D eigenvalue weighted by molar-refractivity contribution is -0.121. The number of likely N-dealkylation sites (N-methyl/N-ethyl adjacent to an activating group) is 1. The second-order valence-electron chi connectivity index (χ2n) is 5.81. The Bertz CT molecular complexity index is 295. The van der Waals surface area contributed by atoms with Gasteiger partial charge in [0, 0.05) is 6.54 Å². The van der Waals surface area contributed by atoms with Crippen molar-refractivity contribution in [1.29, 1.82) is 0 Å². The van der Waals surface area contributed by atoms with Gasteiger partial charge in [0.1, 0.15) is 5.78 Å². The lowest BCUT2D eigenvalue weighted by Crippen LogP contribution is -2.43. The van der Waals surface area contributed by atoms with Gasteiger partial charge in [0.2, 0.25) is 0 Å². The van der Waals surface area contributed by atoms with Gasteiger partial charge in [-0.05, 0) is 56.9 Å². The zero-order valence-corrected chi connectivity index (χ0v) is 9.18. The summed E-state index contributed by atoms with van der Waals surface area (Å²) in [6.45, 7) is 2.93. The highest BCUT2D eigenvalue weighted by Gasteiger charge is 2.68. The number of hydrogen-bond donors (Lipinski definition) is 0. The first-order valence-corrected chi connectivity index (χ1v) is 5.79. The molecule has 2 saturated carbocycles. The molecular weight excluding hydrogens is 174 g/mol. The Morgan fingerprint density at radius 2 is 1.79 bits per heavy atom. The van der Waals surface area contributed by atoms with Gasteiger partial charge in [0.15, 0.2) is 0 Å². The third kappa shape index (κ3) is 0.881. The zero-order chi connectivity index (χ0) is 9.97. The summed E-state index contributed by atoms with van der Waals surface area (Å²) in [5, 5.41) is 0. The number of ketones is 1. The first kappa shape index (κ1) is 8.90. The number of rotatable bonds is 1. The first-order valence-electron chi connectivity index (χ1n) is 5.79. The fourth-order valence-corrected chi connectivity index (χ4v) is 3.96. The molecule has 0 aromatic carbocycles. The van der Waals surface area contributed by atoms with E-state index in [0.29, 0.717) is 16.6 Å². The summed E-state index contributed by atoms with van der Waals surface area (Å²) in [4.78, 5) is 13.8. The maximum Gasteiger partial charge on any atom is 0.146 e. The van der Waals surface area contributed by atoms with Crippen LogP contribution in [0.4, 0.5) is 0 Å². The number of fused-ring (bicyclic) bond motifs is 1. The van der Waals surface area contributed by atoms with Crippen LogP contribution >= 0.6 is 0 Å². The molecular formula is C12H19NO. The molecule has 1 aliphatic heterocycles. The minimum atomic E-state index is 0.229. The van der Waals surface area contributed by atoms with Gasteiger partial charge in [-0.1, -0.05) is 0 Å². The van der Waals surface area contributed by atoms with Crippen molar-refractivity contribution in [2.45, 2.75) is 45.1 Å². The average molecular weight is 193 g/mol. The summed E-state index contributed by atoms with van der Waals surface area (Å²) in [7, 11) is 2.12. The minimum Gasteiger partial charge on any atom is -0.298 e. The van der Waals surface area contributed by atoms with E-state index in [1.54, 1.807) is 6.92 Å². The highest BCUT2D eigenvalue weighted by molar-refractivity contribution is 5.82. The maximum atomic E-state index is 11.5. The van der Waals surface area contributed by atoms with E-state index in [1.165, 1.54) is 32.2 Å². The van der Waals surface area contributed by atoms with Crippen molar-refractivity contribution in [2.24, 2.45) is 10.8 Å². The normalized spacial score (nSPS) is 44.3. The molecule has 0 N–H and O–H groups in total. The van der Waals surface area contributed by atoms with Crippen LogP contribution in [0.2, 0.25) is 0 Å². The molecule has 78 valence electrons. The fraction of sp³-hybridized carbons (Fsp3) is 0.917. The van der Waals surface area contributed by atoms with Crippen LogP contribution in [0.15, 0.2) is 0 Å². The fourth-order valence-electron chi connectivity index (χ4n) is 3.96. The molecule has 0 radical (unpaired) electrons. The Kier molecular flexibility index (Phi) is 1.53. The second-order valence-corrected chi connectivity index (χ2v) is 5.81. The molecule has 0 amide bonds. The van der Waals surface area contributed by atoms with Gasteiger partial charge in [-0.15, -0.1) is 0 Å². The topological polar surface area (TPSA) is 20.3 Å². The monoisotopic (exact) mass is 193 g/mol. The molecule has 2 nitrogen and oxygen atoms in total. The van der Waals surface area contributed by atoms with Crippen LogP contribution in [0.25, 0.3) is 0 Å². The van der Waals surface area contributed by atoms with Gasteiger partial charge in [-0.2, -0.15) is 0 Å². The number of carbonyl (C=O) groups excluding carboxylic acids is 1. The van der Waals surface area contributed by atoms with E-state index in [2.05, 4.69) is 11.9 Å². The summed E-state index contributed by atoms with van der Waals surface area (Å²) in [6, 6.07) is 0.229. The molecule has 14 heavy (non-hydrogen) atoms. The molecule has 0 aromatic heterocycles. The molecule has 2 unspecified atom stereocenters. The maximum absolute atomic E-state index is 11.5. The summed E-state index contributed by atoms with van der Waals surface area (Å²) < 4.78 is 0. The molecule has 0 aromatic rings. The number of hydrogen-bond acceptors (Lipinski definition) is 2. The average Bonchev–Trinajstić information content (AvgIpc) is 2.85. The largest absolute Gasteiger partial charge is 0.298 e. The van der Waals surface area contributed by atoms with Crippen molar-refractivity contribution in [3.63, 3.8) is 0 Å². The van der Waals surface area contributed by atoms with E-state index in [4.69, 9.17) is 0 Å². The van der Waals surface area contributed by atoms with Gasteiger partial charge in [-0.3, -0.25) is 9.69 Å². The molecule has 1 saturated heterocycles. The van der Waals surface area contributed by atoms with E-state index in [0.717, 1.165) is 6.42 Å². The molecule has 2 atom stereocenters. The van der Waals surface area contributed by atoms with E-state index < -0.39 is 0 Å². The number of likely N-dealkylation sites (tertiary alicyclic amines) is 1. The number of carbonyl (C=O) groups is 1. The Labute approximate surface area is 85.7 Å². The quantitative estimate of drug-likeness (QED) is 0.633. The molecule has 2 spiro atoms. The Balaban J connectivity index is 1.83. The number of nitrogens with zero attached hydrogens (tertiary/aromatic N) is 1. The van der Waals surface area contributed by atoms with Gasteiger partial charge in [0.05, 0.1) is 6.04 Å². The number of Topliss-reactive ketones (excluding diaryl/α,β-unsaturated/α-hetero) is 1. The smallest absolute Gasteiger partial charge is 0.146 e. The lowest BCUT2D eigenvalue weighted by Gasteiger charge is -2.48. The third-order valence-corrected chi connectivity index (χ3v) is 5.20. The van der Waals surface area contributed by atoms with Crippen LogP contribution in [0.5, 0.6) is 0 Å². The van der Waals surface area contributed by atoms with E-state index in [9.17, 15) is 4.79 Å². The lowest BCUT2D eigenvalue weighted by atomic mass is 9.56. The summed E-state index contributed by atoms with van der Waals surface area (Å²) in [5.74, 6) is 0.368. The van der Waals surface area contributed by atoms with Gasteiger partial charge in [-0.25, -0.2) is 0 Å². The van der Waals surface area contributed by atoms with E-state index in [1.807, 2.05) is 0 Å². The minimum absolute atomic E-state index is 0.229.